The number of benzene rings is 2. The first-order valence-corrected chi connectivity index (χ1v) is 25.4. The van der Waals surface area contributed by atoms with Gasteiger partial charge in [0.05, 0.1) is 0 Å². The van der Waals surface area contributed by atoms with Crippen LogP contribution in [0.15, 0.2) is 40.2 Å². The van der Waals surface area contributed by atoms with E-state index in [0.29, 0.717) is 0 Å². The van der Waals surface area contributed by atoms with Gasteiger partial charge in [0.25, 0.3) is 0 Å². The maximum absolute atomic E-state index is 11.6. The summed E-state index contributed by atoms with van der Waals surface area (Å²) in [7, 11) is -1.06. The number of anilines is 1. The third kappa shape index (κ3) is 3.98. The number of fused-ring (bicyclic) bond motifs is 2. The Kier molecular flexibility index (Phi) is 6.58. The summed E-state index contributed by atoms with van der Waals surface area (Å²) >= 11 is 5.42. The predicted molar refractivity (Wildman–Crippen MR) is 144 cm³/mol. The molecule has 1 unspecified atom stereocenters. The molecule has 28 heavy (non-hydrogen) atoms. The van der Waals surface area contributed by atoms with Crippen molar-refractivity contribution in [3.05, 3.63) is 51.3 Å². The molecule has 0 aliphatic carbocycles. The van der Waals surface area contributed by atoms with Gasteiger partial charge in [-0.1, -0.05) is 0 Å². The molecule has 0 saturated carbocycles. The molecule has 1 amide bonds. The van der Waals surface area contributed by atoms with Crippen LogP contribution < -0.4 is 10.3 Å². The van der Waals surface area contributed by atoms with Crippen LogP contribution in [0.1, 0.15) is 18.1 Å². The van der Waals surface area contributed by atoms with Crippen LogP contribution in [0.5, 0.6) is 0 Å². The molecule has 2 heterocycles. The van der Waals surface area contributed by atoms with Crippen molar-refractivity contribution in [2.24, 2.45) is 4.99 Å². The number of halogens is 3. The molecule has 4 nitrogen and oxygen atoms in total. The predicted octanol–water partition coefficient (Wildman–Crippen LogP) is 5.94. The summed E-state index contributed by atoms with van der Waals surface area (Å²) in [6.07, 6.45) is 0. The molecule has 0 N–H and O–H groups in total. The first-order chi connectivity index (χ1) is 13.4. The Labute approximate surface area is 193 Å². The van der Waals surface area contributed by atoms with E-state index in [-0.39, 0.29) is 13.6 Å². The van der Waals surface area contributed by atoms with Crippen LogP contribution in [0.2, 0.25) is 0 Å². The molecule has 8 heteroatoms. The van der Waals surface area contributed by atoms with Gasteiger partial charge in [0.15, 0.2) is 0 Å². The minimum absolute atomic E-state index is 0.149. The number of carbonyl (C=O) groups excluding carboxylic acids is 1. The van der Waals surface area contributed by atoms with Gasteiger partial charge in [0.2, 0.25) is 0 Å². The number of nitrogens with zero attached hydrogens (tertiary/aromatic N) is 3. The normalized spacial score (nSPS) is 18.9. The van der Waals surface area contributed by atoms with Crippen molar-refractivity contribution in [1.82, 2.24) is 4.90 Å². The van der Waals surface area contributed by atoms with Crippen molar-refractivity contribution in [2.45, 2.75) is 25.7 Å². The number of rotatable bonds is 2. The average Bonchev–Trinajstić information content (AvgIpc) is 2.66. The van der Waals surface area contributed by atoms with Crippen LogP contribution in [0.4, 0.5) is 11.4 Å². The van der Waals surface area contributed by atoms with Crippen molar-refractivity contribution in [3.63, 3.8) is 0 Å². The molecular formula is C20H22I3N3OS. The molecule has 150 valence electrons. The van der Waals surface area contributed by atoms with Gasteiger partial charge in [0.1, 0.15) is 0 Å². The summed E-state index contributed by atoms with van der Waals surface area (Å²) < 4.78 is 1.43. The van der Waals surface area contributed by atoms with E-state index in [1.807, 2.05) is 4.90 Å². The molecule has 1 atom stereocenters. The van der Waals surface area contributed by atoms with Crippen molar-refractivity contribution in [2.75, 3.05) is 31.1 Å². The second-order valence-electron chi connectivity index (χ2n) is 7.06. The molecule has 0 bridgehead atoms. The number of carbonyl (C=O) groups is 1. The Morgan fingerprint density at radius 2 is 1.82 bits per heavy atom. The Balaban J connectivity index is 1.82. The molecular weight excluding hydrogens is 711 g/mol. The third-order valence-corrected chi connectivity index (χ3v) is 25.2. The quantitative estimate of drug-likeness (QED) is 0.284. The molecule has 4 rings (SSSR count). The zero-order chi connectivity index (χ0) is 20.0. The molecule has 1 saturated heterocycles. The van der Waals surface area contributed by atoms with Crippen LogP contribution in [0.3, 0.4) is 0 Å². The van der Waals surface area contributed by atoms with Gasteiger partial charge in [-0.2, -0.15) is 0 Å². The number of hydrogen-bond donors (Lipinski definition) is 0. The van der Waals surface area contributed by atoms with E-state index < -0.39 is 10.5 Å². The molecule has 0 aromatic heterocycles. The van der Waals surface area contributed by atoms with E-state index in [1.165, 1.54) is 37.3 Å². The number of piperazine rings is 1. The summed E-state index contributed by atoms with van der Waals surface area (Å²) in [5, 5.41) is 1.19. The van der Waals surface area contributed by atoms with Gasteiger partial charge in [-0.25, -0.2) is 0 Å². The fourth-order valence-corrected chi connectivity index (χ4v) is 24.1. The third-order valence-electron chi connectivity index (χ3n) is 5.27. The van der Waals surface area contributed by atoms with E-state index >= 15 is 0 Å². The Bertz CT molecular complexity index is 1080. The Hall–Kier alpha value is 0.0500. The van der Waals surface area contributed by atoms with E-state index in [9.17, 15) is 4.79 Å². The first-order valence-electron chi connectivity index (χ1n) is 9.11. The standard InChI is InChI=1S/C20H22I3N3OS/c1-13-5-4-6-17-19(13)24-20-14(2)11-16(12-18(20)28(17)23(21)22)26-9-7-25(8-10-26)15(3)27/h4-6,11-12H,7-10H2,1-3H3. The summed E-state index contributed by atoms with van der Waals surface area (Å²) in [5.41, 5.74) is 5.01. The zero-order valence-electron chi connectivity index (χ0n) is 16.0. The molecule has 2 aromatic carbocycles. The number of amides is 1. The number of para-hydroxylation sites is 1. The molecule has 1 fully saturated rings. The molecule has 2 aromatic rings. The van der Waals surface area contributed by atoms with Crippen molar-refractivity contribution < 1.29 is 4.79 Å². The SMILES string of the molecule is CC(=O)N1CCN(c2cc(C)c3c(c2)S(I(I)I)=c2cccc(C)c2=N3)CC1. The van der Waals surface area contributed by atoms with Crippen molar-refractivity contribution >= 4 is 72.7 Å². The fourth-order valence-electron chi connectivity index (χ4n) is 3.75. The maximum atomic E-state index is 11.6. The van der Waals surface area contributed by atoms with E-state index in [1.54, 1.807) is 6.92 Å². The number of aryl methyl sites for hydroxylation is 2. The monoisotopic (exact) mass is 733 g/mol. The Morgan fingerprint density at radius 3 is 2.46 bits per heavy atom. The van der Waals surface area contributed by atoms with Crippen LogP contribution in [0, 0.1) is 18.4 Å². The average molecular weight is 733 g/mol. The molecule has 0 spiro atoms. The second-order valence-corrected chi connectivity index (χ2v) is 43.0. The molecule has 2 aliphatic rings. The summed E-state index contributed by atoms with van der Waals surface area (Å²) in [6.45, 7) is 9.44. The van der Waals surface area contributed by atoms with Gasteiger partial charge in [-0.3, -0.25) is 0 Å². The summed E-state index contributed by atoms with van der Waals surface area (Å²) in [4.78, 5) is 22.6. The number of hydrogen-bond acceptors (Lipinski definition) is 3. The van der Waals surface area contributed by atoms with Gasteiger partial charge in [0, 0.05) is 0 Å². The summed E-state index contributed by atoms with van der Waals surface area (Å²) in [5.74, 6) is 0.179. The van der Waals surface area contributed by atoms with Crippen LogP contribution in [0.25, 0.3) is 0 Å². The Morgan fingerprint density at radius 1 is 1.11 bits per heavy atom. The van der Waals surface area contributed by atoms with E-state index in [4.69, 9.17) is 4.99 Å². The first kappa shape index (κ1) is 21.3. The molecule has 2 aliphatic heterocycles. The molecule has 0 radical (unpaired) electrons. The second kappa shape index (κ2) is 8.66. The minimum atomic E-state index is -1.21. The van der Waals surface area contributed by atoms with Crippen LogP contribution in [-0.2, 0) is 4.79 Å². The van der Waals surface area contributed by atoms with Gasteiger partial charge in [-0.15, -0.1) is 0 Å². The topological polar surface area (TPSA) is 35.9 Å². The van der Waals surface area contributed by atoms with Crippen molar-refractivity contribution in [3.8, 4) is 0 Å². The van der Waals surface area contributed by atoms with Crippen LogP contribution in [-0.4, -0.2) is 37.0 Å². The van der Waals surface area contributed by atoms with Crippen molar-refractivity contribution in [1.29, 1.82) is 0 Å². The van der Waals surface area contributed by atoms with Gasteiger partial charge < -0.3 is 0 Å². The fraction of sp³-hybridized carbons (Fsp3) is 0.350. The van der Waals surface area contributed by atoms with Gasteiger partial charge >= 0.3 is 195 Å². The zero-order valence-corrected chi connectivity index (χ0v) is 23.3. The van der Waals surface area contributed by atoms with Crippen LogP contribution >= 0.6 is 55.4 Å². The van der Waals surface area contributed by atoms with E-state index in [0.717, 1.165) is 26.2 Å². The van der Waals surface area contributed by atoms with E-state index in [2.05, 4.69) is 86.3 Å². The van der Waals surface area contributed by atoms with Gasteiger partial charge in [-0.05, 0) is 0 Å². The summed E-state index contributed by atoms with van der Waals surface area (Å²) in [6, 6.07) is 11.3.